The summed E-state index contributed by atoms with van der Waals surface area (Å²) in [4.78, 5) is 12.9. The highest BCUT2D eigenvalue weighted by atomic mass is 35.5. The second kappa shape index (κ2) is 7.32. The third-order valence-corrected chi connectivity index (χ3v) is 4.45. The first kappa shape index (κ1) is 18.0. The van der Waals surface area contributed by atoms with Crippen molar-refractivity contribution in [2.45, 2.75) is 6.92 Å². The summed E-state index contributed by atoms with van der Waals surface area (Å²) in [7, 11) is 0. The smallest absolute Gasteiger partial charge is 0.259 e. The molecule has 0 aliphatic carbocycles. The largest absolute Gasteiger partial charge is 0.460 e. The molecule has 1 N–H and O–H groups in total. The average Bonchev–Trinajstić information content (AvgIpc) is 3.31. The lowest BCUT2D eigenvalue weighted by molar-refractivity contribution is 0.102. The van der Waals surface area contributed by atoms with Gasteiger partial charge >= 0.3 is 0 Å². The van der Waals surface area contributed by atoms with Crippen LogP contribution in [0.5, 0.6) is 0 Å². The number of aryl methyl sites for hydroxylation is 1. The van der Waals surface area contributed by atoms with E-state index in [1.807, 2.05) is 37.3 Å². The van der Waals surface area contributed by atoms with E-state index in [2.05, 4.69) is 10.4 Å². The minimum absolute atomic E-state index is 0.110. The summed E-state index contributed by atoms with van der Waals surface area (Å²) in [6, 6.07) is 16.8. The number of carbonyl (C=O) groups excluding carboxylic acids is 1. The summed E-state index contributed by atoms with van der Waals surface area (Å²) in [5.74, 6) is 0.270. The third kappa shape index (κ3) is 3.54. The van der Waals surface area contributed by atoms with Crippen molar-refractivity contribution in [2.24, 2.45) is 0 Å². The molecule has 0 atom stereocenters. The summed E-state index contributed by atoms with van der Waals surface area (Å²) >= 11 is 6.03. The average molecular weight is 396 g/mol. The Labute approximate surface area is 165 Å². The van der Waals surface area contributed by atoms with Crippen molar-refractivity contribution < 1.29 is 13.6 Å². The van der Waals surface area contributed by atoms with Crippen molar-refractivity contribution in [3.8, 4) is 17.1 Å². The first-order valence-electron chi connectivity index (χ1n) is 8.49. The number of benzene rings is 2. The molecule has 0 aliphatic rings. The molecule has 28 heavy (non-hydrogen) atoms. The van der Waals surface area contributed by atoms with Crippen LogP contribution in [0.25, 0.3) is 17.1 Å². The van der Waals surface area contributed by atoms with Crippen molar-refractivity contribution in [1.82, 2.24) is 9.78 Å². The predicted molar refractivity (Wildman–Crippen MR) is 105 cm³/mol. The maximum absolute atomic E-state index is 13.3. The normalized spacial score (nSPS) is 10.8. The van der Waals surface area contributed by atoms with Crippen molar-refractivity contribution in [2.75, 3.05) is 5.32 Å². The number of anilines is 1. The zero-order valence-corrected chi connectivity index (χ0v) is 15.6. The van der Waals surface area contributed by atoms with Gasteiger partial charge in [-0.25, -0.2) is 9.07 Å². The van der Waals surface area contributed by atoms with Gasteiger partial charge in [0.1, 0.15) is 17.3 Å². The van der Waals surface area contributed by atoms with Gasteiger partial charge in [0.25, 0.3) is 5.91 Å². The minimum Gasteiger partial charge on any atom is -0.460 e. The summed E-state index contributed by atoms with van der Waals surface area (Å²) in [6.07, 6.45) is 1.62. The maximum atomic E-state index is 13.3. The molecule has 4 aromatic rings. The van der Waals surface area contributed by atoms with E-state index in [1.165, 1.54) is 12.1 Å². The lowest BCUT2D eigenvalue weighted by atomic mass is 10.2. The SMILES string of the molecule is Cc1ccc(-c2nn(-c3ccccc3)cc2C(=O)Nc2ccc(F)cc2Cl)o1. The van der Waals surface area contributed by atoms with E-state index in [0.717, 1.165) is 11.8 Å². The van der Waals surface area contributed by atoms with Crippen LogP contribution in [0.1, 0.15) is 16.1 Å². The summed E-state index contributed by atoms with van der Waals surface area (Å²) in [5.41, 5.74) is 1.80. The molecule has 0 saturated heterocycles. The van der Waals surface area contributed by atoms with Crippen LogP contribution >= 0.6 is 11.6 Å². The number of halogens is 2. The van der Waals surface area contributed by atoms with E-state index in [0.29, 0.717) is 28.5 Å². The fourth-order valence-electron chi connectivity index (χ4n) is 2.78. The number of hydrogen-bond acceptors (Lipinski definition) is 3. The van der Waals surface area contributed by atoms with Gasteiger partial charge in [0.05, 0.1) is 22.0 Å². The van der Waals surface area contributed by atoms with Crippen LogP contribution in [0, 0.1) is 12.7 Å². The van der Waals surface area contributed by atoms with Crippen LogP contribution in [0.3, 0.4) is 0 Å². The van der Waals surface area contributed by atoms with E-state index in [4.69, 9.17) is 16.0 Å². The Kier molecular flexibility index (Phi) is 4.71. The molecule has 4 rings (SSSR count). The fraction of sp³-hybridized carbons (Fsp3) is 0.0476. The van der Waals surface area contributed by atoms with Crippen LogP contribution in [-0.4, -0.2) is 15.7 Å². The molecule has 2 heterocycles. The molecule has 0 unspecified atom stereocenters. The van der Waals surface area contributed by atoms with Gasteiger partial charge in [0.15, 0.2) is 5.76 Å². The Morgan fingerprint density at radius 1 is 1.14 bits per heavy atom. The fourth-order valence-corrected chi connectivity index (χ4v) is 2.99. The van der Waals surface area contributed by atoms with Crippen LogP contribution in [0.4, 0.5) is 10.1 Å². The predicted octanol–water partition coefficient (Wildman–Crippen LogP) is 5.49. The second-order valence-corrected chi connectivity index (χ2v) is 6.57. The van der Waals surface area contributed by atoms with Gasteiger partial charge in [-0.2, -0.15) is 5.10 Å². The summed E-state index contributed by atoms with van der Waals surface area (Å²) in [5, 5.41) is 7.35. The van der Waals surface area contributed by atoms with E-state index in [-0.39, 0.29) is 5.02 Å². The summed E-state index contributed by atoms with van der Waals surface area (Å²) in [6.45, 7) is 1.82. The Bertz CT molecular complexity index is 1150. The first-order valence-corrected chi connectivity index (χ1v) is 8.87. The van der Waals surface area contributed by atoms with Crippen LogP contribution in [-0.2, 0) is 0 Å². The van der Waals surface area contributed by atoms with Crippen molar-refractivity contribution >= 4 is 23.2 Å². The molecule has 0 saturated carbocycles. The van der Waals surface area contributed by atoms with E-state index in [1.54, 1.807) is 23.0 Å². The van der Waals surface area contributed by atoms with Crippen LogP contribution < -0.4 is 5.32 Å². The first-order chi connectivity index (χ1) is 13.5. The molecule has 2 aromatic heterocycles. The number of nitrogens with one attached hydrogen (secondary N) is 1. The topological polar surface area (TPSA) is 60.1 Å². The lowest BCUT2D eigenvalue weighted by Gasteiger charge is -2.06. The van der Waals surface area contributed by atoms with Crippen molar-refractivity contribution in [3.05, 3.63) is 89.0 Å². The molecule has 140 valence electrons. The molecule has 5 nitrogen and oxygen atoms in total. The molecule has 0 bridgehead atoms. The highest BCUT2D eigenvalue weighted by Crippen LogP contribution is 2.28. The molecule has 0 aliphatic heterocycles. The summed E-state index contributed by atoms with van der Waals surface area (Å²) < 4.78 is 20.5. The monoisotopic (exact) mass is 395 g/mol. The van der Waals surface area contributed by atoms with Gasteiger partial charge < -0.3 is 9.73 Å². The molecule has 7 heteroatoms. The van der Waals surface area contributed by atoms with Gasteiger partial charge in [-0.3, -0.25) is 4.79 Å². The van der Waals surface area contributed by atoms with Gasteiger partial charge in [-0.1, -0.05) is 29.8 Å². The van der Waals surface area contributed by atoms with E-state index < -0.39 is 11.7 Å². The second-order valence-electron chi connectivity index (χ2n) is 6.16. The number of aromatic nitrogens is 2. The van der Waals surface area contributed by atoms with Crippen LogP contribution in [0.2, 0.25) is 5.02 Å². The number of hydrogen-bond donors (Lipinski definition) is 1. The molecule has 0 radical (unpaired) electrons. The Morgan fingerprint density at radius 2 is 1.93 bits per heavy atom. The maximum Gasteiger partial charge on any atom is 0.259 e. The number of furan rings is 1. The lowest BCUT2D eigenvalue weighted by Crippen LogP contribution is -2.12. The van der Waals surface area contributed by atoms with Gasteiger partial charge in [0, 0.05) is 6.20 Å². The van der Waals surface area contributed by atoms with E-state index in [9.17, 15) is 9.18 Å². The highest BCUT2D eigenvalue weighted by Gasteiger charge is 2.21. The van der Waals surface area contributed by atoms with E-state index >= 15 is 0 Å². The highest BCUT2D eigenvalue weighted by molar-refractivity contribution is 6.34. The number of nitrogens with zero attached hydrogens (tertiary/aromatic N) is 2. The quantitative estimate of drug-likeness (QED) is 0.497. The number of amides is 1. The number of para-hydroxylation sites is 1. The zero-order valence-electron chi connectivity index (χ0n) is 14.8. The zero-order chi connectivity index (χ0) is 19.7. The number of rotatable bonds is 4. The van der Waals surface area contributed by atoms with Gasteiger partial charge in [-0.15, -0.1) is 0 Å². The number of carbonyl (C=O) groups is 1. The van der Waals surface area contributed by atoms with Gasteiger partial charge in [-0.05, 0) is 49.4 Å². The Balaban J connectivity index is 1.76. The van der Waals surface area contributed by atoms with Crippen LogP contribution in [0.15, 0.2) is 71.3 Å². The molecular formula is C21H15ClFN3O2. The molecule has 0 spiro atoms. The standard InChI is InChI=1S/C21H15ClFN3O2/c1-13-7-10-19(28-13)20-16(12-26(25-20)15-5-3-2-4-6-15)21(27)24-18-9-8-14(23)11-17(18)22/h2-12H,1H3,(H,24,27). The van der Waals surface area contributed by atoms with Gasteiger partial charge in [0.2, 0.25) is 0 Å². The van der Waals surface area contributed by atoms with Crippen molar-refractivity contribution in [3.63, 3.8) is 0 Å². The third-order valence-electron chi connectivity index (χ3n) is 4.13. The van der Waals surface area contributed by atoms with Crippen molar-refractivity contribution in [1.29, 1.82) is 0 Å². The molecule has 0 fully saturated rings. The minimum atomic E-state index is -0.480. The Hall–Kier alpha value is -3.38. The Morgan fingerprint density at radius 3 is 2.61 bits per heavy atom. The molecule has 2 aromatic carbocycles. The molecule has 1 amide bonds. The molecular weight excluding hydrogens is 381 g/mol.